The molecule has 5 nitrogen and oxygen atoms in total. The molecule has 0 aromatic carbocycles. The van der Waals surface area contributed by atoms with Crippen molar-refractivity contribution in [2.24, 2.45) is 0 Å². The summed E-state index contributed by atoms with van der Waals surface area (Å²) in [5.74, 6) is -0.276. The molecule has 2 heterocycles. The van der Waals surface area contributed by atoms with E-state index in [1.165, 1.54) is 0 Å². The number of hydrogen-bond acceptors (Lipinski definition) is 4. The first-order chi connectivity index (χ1) is 9.72. The fraction of sp³-hybridized carbons (Fsp3) is 0.533. The molecule has 1 aliphatic heterocycles. The second kappa shape index (κ2) is 7.03. The number of aryl methyl sites for hydroxylation is 1. The van der Waals surface area contributed by atoms with E-state index in [1.807, 2.05) is 18.2 Å². The van der Waals surface area contributed by atoms with E-state index >= 15 is 0 Å². The van der Waals surface area contributed by atoms with Crippen LogP contribution < -0.4 is 0 Å². The summed E-state index contributed by atoms with van der Waals surface area (Å²) in [6, 6.07) is 5.26. The Balaban J connectivity index is 1.89. The van der Waals surface area contributed by atoms with Gasteiger partial charge in [-0.05, 0) is 38.3 Å². The van der Waals surface area contributed by atoms with Crippen molar-refractivity contribution in [1.82, 2.24) is 9.88 Å². The van der Waals surface area contributed by atoms with Crippen molar-refractivity contribution in [2.45, 2.75) is 38.6 Å². The first-order valence-electron chi connectivity index (χ1n) is 7.08. The number of pyridine rings is 1. The van der Waals surface area contributed by atoms with Gasteiger partial charge in [0.2, 0.25) is 5.91 Å². The van der Waals surface area contributed by atoms with E-state index in [4.69, 9.17) is 4.74 Å². The first kappa shape index (κ1) is 14.5. The lowest BCUT2D eigenvalue weighted by atomic mass is 10.2. The van der Waals surface area contributed by atoms with Crippen molar-refractivity contribution in [3.63, 3.8) is 0 Å². The fourth-order valence-electron chi connectivity index (χ4n) is 2.47. The van der Waals surface area contributed by atoms with Crippen LogP contribution in [-0.4, -0.2) is 41.0 Å². The molecule has 5 heteroatoms. The van der Waals surface area contributed by atoms with Gasteiger partial charge in [-0.15, -0.1) is 0 Å². The number of hydrogen-bond donors (Lipinski definition) is 0. The average Bonchev–Trinajstić information content (AvgIpc) is 2.96. The Morgan fingerprint density at radius 2 is 2.30 bits per heavy atom. The normalized spacial score (nSPS) is 18.1. The number of aromatic nitrogens is 1. The van der Waals surface area contributed by atoms with Crippen LogP contribution in [0.5, 0.6) is 0 Å². The molecule has 1 fully saturated rings. The highest BCUT2D eigenvalue weighted by atomic mass is 16.5. The molecule has 1 aromatic heterocycles. The number of amides is 1. The number of ether oxygens (including phenoxy) is 1. The van der Waals surface area contributed by atoms with Gasteiger partial charge in [0.1, 0.15) is 6.04 Å². The third-order valence-electron chi connectivity index (χ3n) is 3.45. The number of esters is 1. The molecule has 0 radical (unpaired) electrons. The predicted molar refractivity (Wildman–Crippen MR) is 73.9 cm³/mol. The number of carbonyl (C=O) groups is 2. The lowest BCUT2D eigenvalue weighted by Crippen LogP contribution is -2.41. The minimum atomic E-state index is -0.397. The number of carbonyl (C=O) groups excluding carboxylic acids is 2. The van der Waals surface area contributed by atoms with Crippen LogP contribution >= 0.6 is 0 Å². The highest BCUT2D eigenvalue weighted by Crippen LogP contribution is 2.20. The highest BCUT2D eigenvalue weighted by Gasteiger charge is 2.34. The van der Waals surface area contributed by atoms with Crippen LogP contribution in [0.4, 0.5) is 0 Å². The Labute approximate surface area is 118 Å². The molecule has 0 bridgehead atoms. The Kier molecular flexibility index (Phi) is 5.09. The molecule has 1 aliphatic rings. The Morgan fingerprint density at radius 1 is 1.45 bits per heavy atom. The average molecular weight is 276 g/mol. The lowest BCUT2D eigenvalue weighted by molar-refractivity contribution is -0.153. The second-order valence-corrected chi connectivity index (χ2v) is 4.82. The van der Waals surface area contributed by atoms with Crippen molar-refractivity contribution in [1.29, 1.82) is 0 Å². The molecule has 2 rings (SSSR count). The summed E-state index contributed by atoms with van der Waals surface area (Å²) >= 11 is 0. The van der Waals surface area contributed by atoms with Crippen LogP contribution in [0, 0.1) is 0 Å². The largest absolute Gasteiger partial charge is 0.464 e. The lowest BCUT2D eigenvalue weighted by Gasteiger charge is -2.23. The van der Waals surface area contributed by atoms with Gasteiger partial charge in [-0.3, -0.25) is 9.78 Å². The topological polar surface area (TPSA) is 59.5 Å². The molecular formula is C15H20N2O3. The molecule has 20 heavy (non-hydrogen) atoms. The molecule has 0 N–H and O–H groups in total. The van der Waals surface area contributed by atoms with Gasteiger partial charge in [0.05, 0.1) is 6.61 Å². The minimum Gasteiger partial charge on any atom is -0.464 e. The summed E-state index contributed by atoms with van der Waals surface area (Å²) in [4.78, 5) is 29.9. The van der Waals surface area contributed by atoms with Crippen molar-refractivity contribution >= 4 is 11.9 Å². The van der Waals surface area contributed by atoms with Gasteiger partial charge in [-0.1, -0.05) is 6.07 Å². The number of nitrogens with zero attached hydrogens (tertiary/aromatic N) is 2. The van der Waals surface area contributed by atoms with E-state index in [1.54, 1.807) is 18.0 Å². The minimum absolute atomic E-state index is 0.00575. The first-order valence-corrected chi connectivity index (χ1v) is 7.08. The zero-order valence-corrected chi connectivity index (χ0v) is 11.7. The van der Waals surface area contributed by atoms with Crippen LogP contribution in [0.25, 0.3) is 0 Å². The summed E-state index contributed by atoms with van der Waals surface area (Å²) in [5.41, 5.74) is 0.896. The molecule has 1 atom stereocenters. The SMILES string of the molecule is CCOC(=O)C1CCCN1C(=O)CCc1ccccn1. The molecule has 1 aromatic rings. The zero-order chi connectivity index (χ0) is 14.4. The molecule has 0 saturated carbocycles. The smallest absolute Gasteiger partial charge is 0.328 e. The maximum absolute atomic E-state index is 12.2. The van der Waals surface area contributed by atoms with Crippen molar-refractivity contribution in [3.8, 4) is 0 Å². The van der Waals surface area contributed by atoms with Gasteiger partial charge in [-0.25, -0.2) is 4.79 Å². The Hall–Kier alpha value is -1.91. The Morgan fingerprint density at radius 3 is 3.00 bits per heavy atom. The van der Waals surface area contributed by atoms with E-state index in [-0.39, 0.29) is 11.9 Å². The maximum Gasteiger partial charge on any atom is 0.328 e. The number of rotatable bonds is 5. The van der Waals surface area contributed by atoms with Crippen LogP contribution in [-0.2, 0) is 20.7 Å². The molecule has 0 spiro atoms. The molecule has 108 valence electrons. The van der Waals surface area contributed by atoms with Crippen molar-refractivity contribution in [2.75, 3.05) is 13.2 Å². The van der Waals surface area contributed by atoms with Gasteiger partial charge in [0.15, 0.2) is 0 Å². The monoisotopic (exact) mass is 276 g/mol. The van der Waals surface area contributed by atoms with E-state index in [9.17, 15) is 9.59 Å². The van der Waals surface area contributed by atoms with Crippen LogP contribution in [0.1, 0.15) is 31.9 Å². The van der Waals surface area contributed by atoms with Crippen LogP contribution in [0.2, 0.25) is 0 Å². The molecule has 1 amide bonds. The zero-order valence-electron chi connectivity index (χ0n) is 11.7. The molecular weight excluding hydrogens is 256 g/mol. The van der Waals surface area contributed by atoms with E-state index < -0.39 is 6.04 Å². The van der Waals surface area contributed by atoms with Gasteiger partial charge >= 0.3 is 5.97 Å². The summed E-state index contributed by atoms with van der Waals surface area (Å²) in [5, 5.41) is 0. The van der Waals surface area contributed by atoms with Gasteiger partial charge in [0.25, 0.3) is 0 Å². The quantitative estimate of drug-likeness (QED) is 0.766. The van der Waals surface area contributed by atoms with Gasteiger partial charge < -0.3 is 9.64 Å². The van der Waals surface area contributed by atoms with Crippen molar-refractivity contribution < 1.29 is 14.3 Å². The highest BCUT2D eigenvalue weighted by molar-refractivity contribution is 5.85. The summed E-state index contributed by atoms with van der Waals surface area (Å²) in [7, 11) is 0. The summed E-state index contributed by atoms with van der Waals surface area (Å²) < 4.78 is 5.02. The third-order valence-corrected chi connectivity index (χ3v) is 3.45. The molecule has 0 aliphatic carbocycles. The summed E-state index contributed by atoms with van der Waals surface area (Å²) in [6.07, 6.45) is 4.27. The Bertz CT molecular complexity index is 461. The molecule has 1 unspecified atom stereocenters. The fourth-order valence-corrected chi connectivity index (χ4v) is 2.47. The standard InChI is InChI=1S/C15H20N2O3/c1-2-20-15(19)13-7-5-11-17(13)14(18)9-8-12-6-3-4-10-16-12/h3-4,6,10,13H,2,5,7-9,11H2,1H3. The van der Waals surface area contributed by atoms with Crippen molar-refractivity contribution in [3.05, 3.63) is 30.1 Å². The van der Waals surface area contributed by atoms with E-state index in [0.717, 1.165) is 12.1 Å². The van der Waals surface area contributed by atoms with Gasteiger partial charge in [0, 0.05) is 24.9 Å². The molecule has 1 saturated heterocycles. The third kappa shape index (κ3) is 3.56. The summed E-state index contributed by atoms with van der Waals surface area (Å²) in [6.45, 7) is 2.77. The maximum atomic E-state index is 12.2. The van der Waals surface area contributed by atoms with Gasteiger partial charge in [-0.2, -0.15) is 0 Å². The second-order valence-electron chi connectivity index (χ2n) is 4.82. The number of likely N-dealkylation sites (tertiary alicyclic amines) is 1. The van der Waals surface area contributed by atoms with E-state index in [0.29, 0.717) is 32.4 Å². The van der Waals surface area contributed by atoms with Crippen LogP contribution in [0.3, 0.4) is 0 Å². The predicted octanol–water partition coefficient (Wildman–Crippen LogP) is 1.57. The van der Waals surface area contributed by atoms with Crippen LogP contribution in [0.15, 0.2) is 24.4 Å². The van der Waals surface area contributed by atoms with E-state index in [2.05, 4.69) is 4.98 Å².